The lowest BCUT2D eigenvalue weighted by Crippen LogP contribution is -2.12. The number of rotatable bonds is 1. The third kappa shape index (κ3) is 1.72. The van der Waals surface area contributed by atoms with Crippen LogP contribution in [0.15, 0.2) is 24.3 Å². The minimum absolute atomic E-state index is 0.650. The normalized spacial score (nSPS) is 18.0. The van der Waals surface area contributed by atoms with E-state index in [1.54, 1.807) is 11.3 Å². The maximum absolute atomic E-state index is 5.52. The highest BCUT2D eigenvalue weighted by molar-refractivity contribution is 7.73. The fourth-order valence-electron chi connectivity index (χ4n) is 2.67. The molecular weight excluding hydrogens is 234 g/mol. The molecule has 1 aromatic heterocycles. The summed E-state index contributed by atoms with van der Waals surface area (Å²) in [7, 11) is 0. The van der Waals surface area contributed by atoms with Gasteiger partial charge in [0.2, 0.25) is 0 Å². The molecule has 84 valence electrons. The molecule has 0 N–H and O–H groups in total. The van der Waals surface area contributed by atoms with Crippen LogP contribution in [0, 0.1) is 3.95 Å². The fourth-order valence-corrected chi connectivity index (χ4v) is 4.14. The van der Waals surface area contributed by atoms with E-state index in [-0.39, 0.29) is 0 Å². The molecule has 1 aliphatic carbocycles. The predicted molar refractivity (Wildman–Crippen MR) is 72.8 cm³/mol. The average Bonchev–Trinajstić information content (AvgIpc) is 2.66. The van der Waals surface area contributed by atoms with Gasteiger partial charge in [-0.15, -0.1) is 11.3 Å². The Morgan fingerprint density at radius 1 is 1.12 bits per heavy atom. The van der Waals surface area contributed by atoms with E-state index in [0.717, 1.165) is 3.95 Å². The molecular formula is C13H15NS2. The van der Waals surface area contributed by atoms with Crippen molar-refractivity contribution in [1.29, 1.82) is 0 Å². The first-order valence-corrected chi connectivity index (χ1v) is 7.19. The molecule has 1 nitrogen and oxygen atoms in total. The lowest BCUT2D eigenvalue weighted by atomic mass is 9.95. The molecule has 0 amide bonds. The molecule has 2 aromatic rings. The van der Waals surface area contributed by atoms with Crippen LogP contribution >= 0.6 is 23.6 Å². The van der Waals surface area contributed by atoms with Crippen LogP contribution < -0.4 is 0 Å². The van der Waals surface area contributed by atoms with Gasteiger partial charge in [-0.05, 0) is 37.2 Å². The Balaban J connectivity index is 2.14. The molecule has 3 rings (SSSR count). The summed E-state index contributed by atoms with van der Waals surface area (Å²) in [6.45, 7) is 0. The summed E-state index contributed by atoms with van der Waals surface area (Å²) in [4.78, 5) is 0. The van der Waals surface area contributed by atoms with Crippen molar-refractivity contribution in [2.45, 2.75) is 38.1 Å². The highest BCUT2D eigenvalue weighted by atomic mass is 32.1. The zero-order chi connectivity index (χ0) is 11.0. The Morgan fingerprint density at radius 3 is 2.69 bits per heavy atom. The highest BCUT2D eigenvalue weighted by Gasteiger charge is 2.18. The quantitative estimate of drug-likeness (QED) is 0.648. The molecule has 1 aromatic carbocycles. The van der Waals surface area contributed by atoms with Gasteiger partial charge in [0.1, 0.15) is 0 Å². The number of benzene rings is 1. The van der Waals surface area contributed by atoms with Crippen LogP contribution in [0.4, 0.5) is 0 Å². The van der Waals surface area contributed by atoms with Gasteiger partial charge < -0.3 is 4.57 Å². The number of fused-ring (bicyclic) bond motifs is 1. The zero-order valence-electron chi connectivity index (χ0n) is 9.19. The topological polar surface area (TPSA) is 4.93 Å². The number of para-hydroxylation sites is 1. The monoisotopic (exact) mass is 249 g/mol. The first-order valence-electron chi connectivity index (χ1n) is 5.96. The molecule has 0 radical (unpaired) electrons. The number of nitrogens with zero attached hydrogens (tertiary/aromatic N) is 1. The first-order chi connectivity index (χ1) is 7.86. The second-order valence-electron chi connectivity index (χ2n) is 4.50. The van der Waals surface area contributed by atoms with Crippen molar-refractivity contribution < 1.29 is 0 Å². The summed E-state index contributed by atoms with van der Waals surface area (Å²) in [6.07, 6.45) is 6.71. The summed E-state index contributed by atoms with van der Waals surface area (Å²) in [5.41, 5.74) is 1.34. The van der Waals surface area contributed by atoms with Gasteiger partial charge in [0.25, 0.3) is 0 Å². The van der Waals surface area contributed by atoms with Crippen LogP contribution in [0.1, 0.15) is 38.1 Å². The Labute approximate surface area is 105 Å². The third-order valence-corrected chi connectivity index (χ3v) is 4.84. The molecule has 1 saturated carbocycles. The van der Waals surface area contributed by atoms with Crippen molar-refractivity contribution in [2.24, 2.45) is 0 Å². The summed E-state index contributed by atoms with van der Waals surface area (Å²) >= 11 is 7.27. The summed E-state index contributed by atoms with van der Waals surface area (Å²) in [5.74, 6) is 0. The fraction of sp³-hybridized carbons (Fsp3) is 0.462. The molecule has 1 aliphatic rings. The smallest absolute Gasteiger partial charge is 0.162 e. The molecule has 0 saturated heterocycles. The lowest BCUT2D eigenvalue weighted by molar-refractivity contribution is 0.360. The zero-order valence-corrected chi connectivity index (χ0v) is 10.8. The van der Waals surface area contributed by atoms with Crippen LogP contribution in [0.3, 0.4) is 0 Å². The lowest BCUT2D eigenvalue weighted by Gasteiger charge is -2.23. The summed E-state index contributed by atoms with van der Waals surface area (Å²) in [5, 5.41) is 0. The van der Waals surface area contributed by atoms with Gasteiger partial charge in [-0.3, -0.25) is 0 Å². The van der Waals surface area contributed by atoms with E-state index in [1.807, 2.05) is 0 Å². The van der Waals surface area contributed by atoms with Crippen LogP contribution in [0.25, 0.3) is 10.2 Å². The summed E-state index contributed by atoms with van der Waals surface area (Å²) < 4.78 is 4.78. The van der Waals surface area contributed by atoms with Crippen LogP contribution in [-0.4, -0.2) is 4.57 Å². The second-order valence-corrected chi connectivity index (χ2v) is 6.17. The number of hydrogen-bond donors (Lipinski definition) is 0. The van der Waals surface area contributed by atoms with Crippen LogP contribution in [0.2, 0.25) is 0 Å². The van der Waals surface area contributed by atoms with Gasteiger partial charge in [0, 0.05) is 6.04 Å². The molecule has 16 heavy (non-hydrogen) atoms. The maximum atomic E-state index is 5.52. The number of thiazole rings is 1. The van der Waals surface area contributed by atoms with Gasteiger partial charge in [-0.2, -0.15) is 0 Å². The molecule has 1 fully saturated rings. The third-order valence-electron chi connectivity index (χ3n) is 3.46. The van der Waals surface area contributed by atoms with Crippen molar-refractivity contribution in [3.8, 4) is 0 Å². The first kappa shape index (κ1) is 10.5. The Kier molecular flexibility index (Phi) is 2.82. The van der Waals surface area contributed by atoms with E-state index < -0.39 is 0 Å². The molecule has 0 spiro atoms. The molecule has 0 aliphatic heterocycles. The molecule has 0 atom stereocenters. The van der Waals surface area contributed by atoms with E-state index in [0.29, 0.717) is 6.04 Å². The maximum Gasteiger partial charge on any atom is 0.162 e. The van der Waals surface area contributed by atoms with E-state index in [9.17, 15) is 0 Å². The largest absolute Gasteiger partial charge is 0.320 e. The van der Waals surface area contributed by atoms with Crippen LogP contribution in [-0.2, 0) is 0 Å². The van der Waals surface area contributed by atoms with E-state index >= 15 is 0 Å². The Morgan fingerprint density at radius 2 is 1.88 bits per heavy atom. The van der Waals surface area contributed by atoms with E-state index in [2.05, 4.69) is 28.8 Å². The predicted octanol–water partition coefficient (Wildman–Crippen LogP) is 4.94. The minimum atomic E-state index is 0.650. The molecule has 0 bridgehead atoms. The van der Waals surface area contributed by atoms with Gasteiger partial charge in [0.15, 0.2) is 3.95 Å². The van der Waals surface area contributed by atoms with E-state index in [4.69, 9.17) is 12.2 Å². The van der Waals surface area contributed by atoms with Gasteiger partial charge >= 0.3 is 0 Å². The van der Waals surface area contributed by atoms with Crippen molar-refractivity contribution >= 4 is 33.8 Å². The standard InChI is InChI=1S/C13H15NS2/c15-13-14(10-6-2-1-3-7-10)11-8-4-5-9-12(11)16-13/h4-5,8-10H,1-3,6-7H2. The van der Waals surface area contributed by atoms with Gasteiger partial charge in [-0.25, -0.2) is 0 Å². The Hall–Kier alpha value is -0.670. The number of hydrogen-bond acceptors (Lipinski definition) is 2. The average molecular weight is 249 g/mol. The minimum Gasteiger partial charge on any atom is -0.320 e. The van der Waals surface area contributed by atoms with Crippen molar-refractivity contribution in [3.63, 3.8) is 0 Å². The van der Waals surface area contributed by atoms with Gasteiger partial charge in [-0.1, -0.05) is 31.4 Å². The van der Waals surface area contributed by atoms with Crippen LogP contribution in [0.5, 0.6) is 0 Å². The van der Waals surface area contributed by atoms with Crippen molar-refractivity contribution in [2.75, 3.05) is 0 Å². The molecule has 0 unspecified atom stereocenters. The highest BCUT2D eigenvalue weighted by Crippen LogP contribution is 2.34. The molecule has 1 heterocycles. The molecule has 3 heteroatoms. The number of aromatic nitrogens is 1. The van der Waals surface area contributed by atoms with Crippen molar-refractivity contribution in [3.05, 3.63) is 28.2 Å². The SMILES string of the molecule is S=c1sc2ccccc2n1C1CCCCC1. The summed E-state index contributed by atoms with van der Waals surface area (Å²) in [6, 6.07) is 9.24. The van der Waals surface area contributed by atoms with E-state index in [1.165, 1.54) is 42.3 Å². The van der Waals surface area contributed by atoms with Crippen molar-refractivity contribution in [1.82, 2.24) is 4.57 Å². The Bertz CT molecular complexity index is 546. The second kappa shape index (κ2) is 4.30. The van der Waals surface area contributed by atoms with Gasteiger partial charge in [0.05, 0.1) is 10.2 Å².